The first kappa shape index (κ1) is 26.0. The van der Waals surface area contributed by atoms with Crippen LogP contribution in [0.25, 0.3) is 0 Å². The molecule has 0 saturated carbocycles. The maximum Gasteiger partial charge on any atom is 0.272 e. The number of hydrogen-bond acceptors (Lipinski definition) is 8. The number of carbonyl (C=O) groups excluding carboxylic acids is 3. The molecule has 4 rings (SSSR count). The van der Waals surface area contributed by atoms with Crippen molar-refractivity contribution in [3.8, 4) is 0 Å². The van der Waals surface area contributed by atoms with Gasteiger partial charge in [0.15, 0.2) is 5.78 Å². The van der Waals surface area contributed by atoms with Crippen molar-refractivity contribution in [2.75, 3.05) is 41.8 Å². The summed E-state index contributed by atoms with van der Waals surface area (Å²) in [4.78, 5) is 39.7. The summed E-state index contributed by atoms with van der Waals surface area (Å²) >= 11 is 0.840. The highest BCUT2D eigenvalue weighted by Gasteiger charge is 2.14. The van der Waals surface area contributed by atoms with Crippen LogP contribution in [-0.2, 0) is 9.53 Å². The van der Waals surface area contributed by atoms with E-state index in [1.165, 1.54) is 5.41 Å². The van der Waals surface area contributed by atoms with Crippen molar-refractivity contribution >= 4 is 46.6 Å². The number of benzene rings is 3. The van der Waals surface area contributed by atoms with Crippen molar-refractivity contribution in [2.45, 2.75) is 0 Å². The SMILES string of the molecule is NS/C=C(\N)C(=O)Nc1ccc(C(=O)c2ccc(NC(=O)c3ccc(N4CCOCC4)cc3)cc2)cc1. The number of rotatable bonds is 8. The van der Waals surface area contributed by atoms with Gasteiger partial charge in [0.2, 0.25) is 0 Å². The Balaban J connectivity index is 1.34. The van der Waals surface area contributed by atoms with E-state index in [1.807, 2.05) is 12.1 Å². The number of ketones is 1. The molecule has 0 atom stereocenters. The lowest BCUT2D eigenvalue weighted by Gasteiger charge is -2.28. The number of hydrogen-bond donors (Lipinski definition) is 4. The second-order valence-electron chi connectivity index (χ2n) is 8.25. The summed E-state index contributed by atoms with van der Waals surface area (Å²) in [5.74, 6) is -0.901. The monoisotopic (exact) mass is 517 g/mol. The van der Waals surface area contributed by atoms with Crippen LogP contribution in [0.15, 0.2) is 83.9 Å². The zero-order valence-electron chi connectivity index (χ0n) is 20.0. The molecule has 190 valence electrons. The van der Waals surface area contributed by atoms with Gasteiger partial charge in [-0.05, 0) is 72.8 Å². The summed E-state index contributed by atoms with van der Waals surface area (Å²) in [5.41, 5.74) is 9.20. The van der Waals surface area contributed by atoms with Gasteiger partial charge in [-0.25, -0.2) is 0 Å². The van der Waals surface area contributed by atoms with Crippen molar-refractivity contribution < 1.29 is 19.1 Å². The molecule has 10 heteroatoms. The third kappa shape index (κ3) is 6.76. The molecule has 0 spiro atoms. The molecule has 1 aliphatic rings. The minimum absolute atomic E-state index is 0.00941. The number of ether oxygens (including phenoxy) is 1. The molecule has 2 amide bonds. The van der Waals surface area contributed by atoms with E-state index in [0.717, 1.165) is 30.7 Å². The number of amides is 2. The molecular formula is C27H27N5O4S. The summed E-state index contributed by atoms with van der Waals surface area (Å²) in [7, 11) is 0. The van der Waals surface area contributed by atoms with Gasteiger partial charge in [-0.3, -0.25) is 19.5 Å². The lowest BCUT2D eigenvalue weighted by atomic mass is 10.0. The Morgan fingerprint density at radius 1 is 0.784 bits per heavy atom. The third-order valence-electron chi connectivity index (χ3n) is 5.77. The second-order valence-corrected chi connectivity index (χ2v) is 8.76. The number of carbonyl (C=O) groups is 3. The van der Waals surface area contributed by atoms with Crippen molar-refractivity contribution in [3.63, 3.8) is 0 Å². The van der Waals surface area contributed by atoms with Crippen LogP contribution in [0.4, 0.5) is 17.1 Å². The van der Waals surface area contributed by atoms with E-state index >= 15 is 0 Å². The lowest BCUT2D eigenvalue weighted by Crippen LogP contribution is -2.36. The molecule has 0 bridgehead atoms. The number of morpholine rings is 1. The van der Waals surface area contributed by atoms with Crippen LogP contribution >= 0.6 is 11.9 Å². The quantitative estimate of drug-likeness (QED) is 0.203. The first-order chi connectivity index (χ1) is 17.9. The van der Waals surface area contributed by atoms with E-state index < -0.39 is 5.91 Å². The average molecular weight is 518 g/mol. The van der Waals surface area contributed by atoms with E-state index in [-0.39, 0.29) is 17.4 Å². The van der Waals surface area contributed by atoms with Crippen LogP contribution in [0.3, 0.4) is 0 Å². The number of anilines is 3. The molecule has 3 aromatic carbocycles. The Labute approximate surface area is 219 Å². The summed E-state index contributed by atoms with van der Waals surface area (Å²) in [6, 6.07) is 20.6. The van der Waals surface area contributed by atoms with Gasteiger partial charge in [0.05, 0.1) is 13.2 Å². The standard InChI is InChI=1S/C27H27N5O4S/c28-24(17-37-29)27(35)31-22-9-3-19(4-10-22)25(33)18-1-7-21(8-2-18)30-26(34)20-5-11-23(12-6-20)32-13-15-36-16-14-32/h1-12,17H,13-16,28-29H2,(H,30,34)(H,31,35)/b24-17-. The molecule has 0 aromatic heterocycles. The largest absolute Gasteiger partial charge is 0.394 e. The molecule has 1 aliphatic heterocycles. The highest BCUT2D eigenvalue weighted by atomic mass is 32.2. The fourth-order valence-corrected chi connectivity index (χ4v) is 4.01. The lowest BCUT2D eigenvalue weighted by molar-refractivity contribution is -0.112. The first-order valence-electron chi connectivity index (χ1n) is 11.6. The molecule has 0 unspecified atom stereocenters. The van der Waals surface area contributed by atoms with Crippen molar-refractivity contribution in [2.24, 2.45) is 10.9 Å². The van der Waals surface area contributed by atoms with E-state index in [4.69, 9.17) is 15.6 Å². The van der Waals surface area contributed by atoms with Gasteiger partial charge in [0.1, 0.15) is 5.70 Å². The van der Waals surface area contributed by atoms with Crippen molar-refractivity contribution in [3.05, 3.63) is 101 Å². The Bertz CT molecular complexity index is 1290. The number of nitrogens with one attached hydrogen (secondary N) is 2. The molecule has 3 aromatic rings. The van der Waals surface area contributed by atoms with Crippen LogP contribution in [-0.4, -0.2) is 43.9 Å². The predicted octanol–water partition coefficient (Wildman–Crippen LogP) is 3.35. The first-order valence-corrected chi connectivity index (χ1v) is 12.5. The molecule has 0 aliphatic carbocycles. The molecule has 1 saturated heterocycles. The van der Waals surface area contributed by atoms with E-state index in [9.17, 15) is 14.4 Å². The topological polar surface area (TPSA) is 140 Å². The zero-order valence-corrected chi connectivity index (χ0v) is 20.8. The Kier molecular flexibility index (Phi) is 8.57. The predicted molar refractivity (Wildman–Crippen MR) is 146 cm³/mol. The zero-order chi connectivity index (χ0) is 26.2. The van der Waals surface area contributed by atoms with E-state index in [0.29, 0.717) is 41.3 Å². The van der Waals surface area contributed by atoms with Gasteiger partial charge in [0, 0.05) is 52.3 Å². The fraction of sp³-hybridized carbons (Fsp3) is 0.148. The van der Waals surface area contributed by atoms with Crippen LogP contribution in [0, 0.1) is 0 Å². The van der Waals surface area contributed by atoms with Gasteiger partial charge in [-0.1, -0.05) is 11.9 Å². The molecule has 1 fully saturated rings. The minimum Gasteiger partial charge on any atom is -0.394 e. The maximum atomic E-state index is 12.9. The smallest absolute Gasteiger partial charge is 0.272 e. The van der Waals surface area contributed by atoms with Crippen LogP contribution in [0.2, 0.25) is 0 Å². The van der Waals surface area contributed by atoms with Gasteiger partial charge in [-0.15, -0.1) is 0 Å². The molecule has 37 heavy (non-hydrogen) atoms. The van der Waals surface area contributed by atoms with Crippen molar-refractivity contribution in [1.29, 1.82) is 0 Å². The maximum absolute atomic E-state index is 12.9. The minimum atomic E-state index is -0.484. The normalized spacial score (nSPS) is 13.6. The Hall–Kier alpha value is -4.12. The van der Waals surface area contributed by atoms with Gasteiger partial charge in [-0.2, -0.15) is 0 Å². The molecule has 9 nitrogen and oxygen atoms in total. The summed E-state index contributed by atoms with van der Waals surface area (Å²) in [5, 5.41) is 12.1. The summed E-state index contributed by atoms with van der Waals surface area (Å²) in [6.45, 7) is 3.07. The van der Waals surface area contributed by atoms with Gasteiger partial charge in [0.25, 0.3) is 11.8 Å². The van der Waals surface area contributed by atoms with Gasteiger partial charge < -0.3 is 26.0 Å². The number of nitrogens with zero attached hydrogens (tertiary/aromatic N) is 1. The fourth-order valence-electron chi connectivity index (χ4n) is 3.76. The molecular weight excluding hydrogens is 490 g/mol. The second kappa shape index (κ2) is 12.2. The van der Waals surface area contributed by atoms with E-state index in [2.05, 4.69) is 15.5 Å². The highest BCUT2D eigenvalue weighted by Crippen LogP contribution is 2.19. The van der Waals surface area contributed by atoms with Crippen LogP contribution in [0.1, 0.15) is 26.3 Å². The molecule has 6 N–H and O–H groups in total. The highest BCUT2D eigenvalue weighted by molar-refractivity contribution is 8.00. The Morgan fingerprint density at radius 2 is 1.30 bits per heavy atom. The van der Waals surface area contributed by atoms with Crippen LogP contribution in [0.5, 0.6) is 0 Å². The Morgan fingerprint density at radius 3 is 1.84 bits per heavy atom. The van der Waals surface area contributed by atoms with Crippen molar-refractivity contribution in [1.82, 2.24) is 0 Å². The van der Waals surface area contributed by atoms with Crippen LogP contribution < -0.4 is 26.4 Å². The third-order valence-corrected chi connectivity index (χ3v) is 6.16. The van der Waals surface area contributed by atoms with E-state index in [1.54, 1.807) is 60.7 Å². The van der Waals surface area contributed by atoms with Gasteiger partial charge >= 0.3 is 0 Å². The molecule has 0 radical (unpaired) electrons. The molecule has 1 heterocycles. The number of nitrogens with two attached hydrogens (primary N) is 2. The summed E-state index contributed by atoms with van der Waals surface area (Å²) in [6.07, 6.45) is 0. The average Bonchev–Trinajstić information content (AvgIpc) is 2.94. The summed E-state index contributed by atoms with van der Waals surface area (Å²) < 4.78 is 5.38.